The number of sulfonamides is 1. The smallest absolute Gasteiger partial charge is 0.264 e. The fourth-order valence-electron chi connectivity index (χ4n) is 4.42. The van der Waals surface area contributed by atoms with Crippen molar-refractivity contribution >= 4 is 33.2 Å². The van der Waals surface area contributed by atoms with Crippen LogP contribution in [0.4, 0.5) is 5.69 Å². The minimum atomic E-state index is -4.08. The lowest BCUT2D eigenvalue weighted by Gasteiger charge is -2.38. The van der Waals surface area contributed by atoms with Gasteiger partial charge in [-0.3, -0.25) is 9.10 Å². The lowest BCUT2D eigenvalue weighted by molar-refractivity contribution is -0.120. The quantitative estimate of drug-likeness (QED) is 0.421. The molecule has 0 bridgehead atoms. The Morgan fingerprint density at radius 2 is 1.76 bits per heavy atom. The van der Waals surface area contributed by atoms with Gasteiger partial charge in [0.1, 0.15) is 23.6 Å². The zero-order valence-corrected chi connectivity index (χ0v) is 23.1. The van der Waals surface area contributed by atoms with E-state index in [9.17, 15) is 13.2 Å². The summed E-state index contributed by atoms with van der Waals surface area (Å²) in [6.07, 6.45) is 0.536. The first-order valence-electron chi connectivity index (χ1n) is 11.9. The molecule has 0 spiro atoms. The van der Waals surface area contributed by atoms with Gasteiger partial charge >= 0.3 is 0 Å². The summed E-state index contributed by atoms with van der Waals surface area (Å²) < 4.78 is 39.9. The molecule has 1 unspecified atom stereocenters. The van der Waals surface area contributed by atoms with Gasteiger partial charge in [-0.1, -0.05) is 41.4 Å². The molecular weight excluding hydrogens is 512 g/mol. The number of aryl methyl sites for hydroxylation is 2. The van der Waals surface area contributed by atoms with Crippen LogP contribution in [0, 0.1) is 13.8 Å². The highest BCUT2D eigenvalue weighted by Crippen LogP contribution is 2.40. The molecule has 1 heterocycles. The van der Waals surface area contributed by atoms with Crippen molar-refractivity contribution < 1.29 is 22.7 Å². The van der Waals surface area contributed by atoms with Crippen molar-refractivity contribution in [2.45, 2.75) is 50.7 Å². The van der Waals surface area contributed by atoms with Crippen LogP contribution in [0.1, 0.15) is 43.0 Å². The minimum Gasteiger partial charge on any atom is -0.495 e. The van der Waals surface area contributed by atoms with Crippen molar-refractivity contribution in [1.29, 1.82) is 0 Å². The number of halogens is 1. The number of nitrogens with zero attached hydrogens (tertiary/aromatic N) is 1. The number of amides is 1. The molecule has 0 aromatic heterocycles. The fourth-order valence-corrected chi connectivity index (χ4v) is 6.09. The molecule has 0 saturated carbocycles. The lowest BCUT2D eigenvalue weighted by atomic mass is 9.89. The van der Waals surface area contributed by atoms with E-state index >= 15 is 0 Å². The molecule has 37 heavy (non-hydrogen) atoms. The molecule has 0 aliphatic carbocycles. The van der Waals surface area contributed by atoms with Crippen molar-refractivity contribution in [3.05, 3.63) is 82.4 Å². The Kier molecular flexibility index (Phi) is 7.44. The number of hydrogen-bond acceptors (Lipinski definition) is 5. The Bertz CT molecular complexity index is 1420. The fraction of sp³-hybridized carbons (Fsp3) is 0.321. The van der Waals surface area contributed by atoms with Crippen LogP contribution in [0.5, 0.6) is 11.5 Å². The van der Waals surface area contributed by atoms with Gasteiger partial charge in [-0.05, 0) is 69.7 Å². The lowest BCUT2D eigenvalue weighted by Crippen LogP contribution is -2.45. The van der Waals surface area contributed by atoms with E-state index in [2.05, 4.69) is 5.32 Å². The maximum Gasteiger partial charge on any atom is 0.264 e. The molecule has 0 fully saturated rings. The molecule has 3 aromatic rings. The molecule has 1 aliphatic rings. The minimum absolute atomic E-state index is 0.0749. The summed E-state index contributed by atoms with van der Waals surface area (Å²) in [5.74, 6) is 0.670. The molecular formula is C28H31ClN2O5S. The Morgan fingerprint density at radius 1 is 1.08 bits per heavy atom. The maximum atomic E-state index is 13.7. The predicted octanol–water partition coefficient (Wildman–Crippen LogP) is 5.58. The average Bonchev–Trinajstić information content (AvgIpc) is 2.81. The largest absolute Gasteiger partial charge is 0.495 e. The first-order chi connectivity index (χ1) is 17.4. The summed E-state index contributed by atoms with van der Waals surface area (Å²) in [5.41, 5.74) is 2.58. The molecule has 1 N–H and O–H groups in total. The zero-order chi connectivity index (χ0) is 27.0. The Labute approximate surface area is 223 Å². The number of hydrogen-bond donors (Lipinski definition) is 1. The van der Waals surface area contributed by atoms with Gasteiger partial charge in [-0.2, -0.15) is 0 Å². The monoisotopic (exact) mass is 542 g/mol. The van der Waals surface area contributed by atoms with Gasteiger partial charge in [0.2, 0.25) is 5.91 Å². The van der Waals surface area contributed by atoms with Gasteiger partial charge in [-0.15, -0.1) is 0 Å². The van der Waals surface area contributed by atoms with E-state index in [1.165, 1.54) is 25.3 Å². The predicted molar refractivity (Wildman–Crippen MR) is 145 cm³/mol. The van der Waals surface area contributed by atoms with Crippen LogP contribution in [0.15, 0.2) is 65.6 Å². The second-order valence-electron chi connectivity index (χ2n) is 9.87. The van der Waals surface area contributed by atoms with Crippen LogP contribution in [0.3, 0.4) is 0 Å². The molecule has 3 aromatic carbocycles. The van der Waals surface area contributed by atoms with E-state index in [1.54, 1.807) is 24.3 Å². The SMILES string of the molecule is COc1ccc(N(CC(=O)NC2CC(C)(C)Oc3cc(C)ccc32)S(=O)(=O)c2ccc(C)cc2)cc1Cl. The molecule has 7 nitrogen and oxygen atoms in total. The van der Waals surface area contributed by atoms with Crippen molar-refractivity contribution in [3.63, 3.8) is 0 Å². The van der Waals surface area contributed by atoms with Crippen molar-refractivity contribution in [2.24, 2.45) is 0 Å². The van der Waals surface area contributed by atoms with E-state index in [1.807, 2.05) is 45.9 Å². The number of ether oxygens (including phenoxy) is 2. The first kappa shape index (κ1) is 26.8. The third-order valence-electron chi connectivity index (χ3n) is 6.28. The normalized spacial score (nSPS) is 16.3. The maximum absolute atomic E-state index is 13.7. The summed E-state index contributed by atoms with van der Waals surface area (Å²) in [6.45, 7) is 7.35. The topological polar surface area (TPSA) is 84.9 Å². The number of nitrogens with one attached hydrogen (secondary N) is 1. The van der Waals surface area contributed by atoms with E-state index < -0.39 is 28.1 Å². The third kappa shape index (κ3) is 5.86. The van der Waals surface area contributed by atoms with Gasteiger partial charge < -0.3 is 14.8 Å². The summed E-state index contributed by atoms with van der Waals surface area (Å²) >= 11 is 6.32. The summed E-state index contributed by atoms with van der Waals surface area (Å²) in [7, 11) is -2.61. The molecule has 0 saturated heterocycles. The van der Waals surface area contributed by atoms with Crippen LogP contribution in [0.25, 0.3) is 0 Å². The van der Waals surface area contributed by atoms with E-state index in [-0.39, 0.29) is 21.6 Å². The average molecular weight is 543 g/mol. The summed E-state index contributed by atoms with van der Waals surface area (Å²) in [6, 6.07) is 16.6. The number of methoxy groups -OCH3 is 1. The number of benzene rings is 3. The van der Waals surface area contributed by atoms with Crippen LogP contribution in [0.2, 0.25) is 5.02 Å². The number of anilines is 1. The number of rotatable bonds is 7. The van der Waals surface area contributed by atoms with Gasteiger partial charge in [-0.25, -0.2) is 8.42 Å². The van der Waals surface area contributed by atoms with E-state index in [0.717, 1.165) is 21.0 Å². The van der Waals surface area contributed by atoms with E-state index in [0.29, 0.717) is 17.9 Å². The first-order valence-corrected chi connectivity index (χ1v) is 13.7. The Morgan fingerprint density at radius 3 is 2.41 bits per heavy atom. The van der Waals surface area contributed by atoms with Crippen molar-refractivity contribution in [3.8, 4) is 11.5 Å². The third-order valence-corrected chi connectivity index (χ3v) is 8.36. The molecule has 4 rings (SSSR count). The molecule has 0 radical (unpaired) electrons. The number of carbonyl (C=O) groups is 1. The van der Waals surface area contributed by atoms with Gasteiger partial charge in [0.15, 0.2) is 0 Å². The molecule has 196 valence electrons. The highest BCUT2D eigenvalue weighted by molar-refractivity contribution is 7.92. The second-order valence-corrected chi connectivity index (χ2v) is 12.1. The number of carbonyl (C=O) groups excluding carboxylic acids is 1. The van der Waals surface area contributed by atoms with Crippen molar-refractivity contribution in [1.82, 2.24) is 5.32 Å². The van der Waals surface area contributed by atoms with Gasteiger partial charge in [0.25, 0.3) is 10.0 Å². The molecule has 1 amide bonds. The zero-order valence-electron chi connectivity index (χ0n) is 21.5. The van der Waals surface area contributed by atoms with Crippen molar-refractivity contribution in [2.75, 3.05) is 18.0 Å². The highest BCUT2D eigenvalue weighted by Gasteiger charge is 2.35. The van der Waals surface area contributed by atoms with Crippen LogP contribution < -0.4 is 19.1 Å². The number of fused-ring (bicyclic) bond motifs is 1. The second kappa shape index (κ2) is 10.3. The standard InChI is InChI=1S/C28H31ClN2O5S/c1-18-6-10-21(11-7-18)37(33,34)31(20-9-13-25(35-5)23(29)15-20)17-27(32)30-24-16-28(3,4)36-26-14-19(2)8-12-22(24)26/h6-15,24H,16-17H2,1-5H3,(H,30,32). The van der Waals surface area contributed by atoms with Crippen LogP contribution in [-0.4, -0.2) is 33.6 Å². The Hall–Kier alpha value is -3.23. The van der Waals surface area contributed by atoms with Crippen LogP contribution in [-0.2, 0) is 14.8 Å². The molecule has 1 aliphatic heterocycles. The molecule has 1 atom stereocenters. The Balaban J connectivity index is 1.68. The van der Waals surface area contributed by atoms with Gasteiger partial charge in [0, 0.05) is 12.0 Å². The van der Waals surface area contributed by atoms with Crippen LogP contribution >= 0.6 is 11.6 Å². The van der Waals surface area contributed by atoms with E-state index in [4.69, 9.17) is 21.1 Å². The summed E-state index contributed by atoms with van der Waals surface area (Å²) in [4.78, 5) is 13.5. The summed E-state index contributed by atoms with van der Waals surface area (Å²) in [5, 5.41) is 3.27. The highest BCUT2D eigenvalue weighted by atomic mass is 35.5. The molecule has 9 heteroatoms. The van der Waals surface area contributed by atoms with Gasteiger partial charge in [0.05, 0.1) is 28.8 Å².